The third kappa shape index (κ3) is 3.99. The molecule has 5 heteroatoms. The van der Waals surface area contributed by atoms with Crippen molar-refractivity contribution in [3.8, 4) is 0 Å². The summed E-state index contributed by atoms with van der Waals surface area (Å²) < 4.78 is 9.16. The van der Waals surface area contributed by atoms with Gasteiger partial charge in [0.2, 0.25) is 0 Å². The molecule has 0 heterocycles. The number of halogens is 1. The number of carbonyl (C=O) groups excluding carboxylic acids is 2. The first-order valence-corrected chi connectivity index (χ1v) is 4.60. The smallest absolute Gasteiger partial charge is 0.338 e. The van der Waals surface area contributed by atoms with Gasteiger partial charge in [-0.05, 0) is 24.3 Å². The predicted octanol–water partition coefficient (Wildman–Crippen LogP) is 1.67. The average Bonchev–Trinajstić information content (AvgIpc) is 2.25. The first kappa shape index (κ1) is 11.5. The zero-order valence-corrected chi connectivity index (χ0v) is 8.57. The van der Waals surface area contributed by atoms with Gasteiger partial charge in [0.05, 0.1) is 5.56 Å². The summed E-state index contributed by atoms with van der Waals surface area (Å²) in [4.78, 5) is 21.1. The molecule has 0 N–H and O–H groups in total. The second-order valence-electron chi connectivity index (χ2n) is 2.61. The van der Waals surface area contributed by atoms with Gasteiger partial charge in [-0.3, -0.25) is 4.79 Å². The molecule has 4 nitrogen and oxygen atoms in total. The zero-order valence-electron chi connectivity index (χ0n) is 7.81. The normalized spacial score (nSPS) is 9.40. The molecule has 15 heavy (non-hydrogen) atoms. The summed E-state index contributed by atoms with van der Waals surface area (Å²) in [5.41, 5.74) is 0.408. The molecule has 0 aliphatic rings. The van der Waals surface area contributed by atoms with Crippen LogP contribution in [0.15, 0.2) is 24.3 Å². The minimum atomic E-state index is -0.471. The molecule has 1 aromatic rings. The van der Waals surface area contributed by atoms with Gasteiger partial charge >= 0.3 is 5.97 Å². The molecule has 0 radical (unpaired) electrons. The number of hydrogen-bond acceptors (Lipinski definition) is 4. The van der Waals surface area contributed by atoms with E-state index in [0.29, 0.717) is 17.1 Å². The minimum absolute atomic E-state index is 0.0419. The molecular formula is C10H9ClO4. The number of benzene rings is 1. The molecular weight excluding hydrogens is 220 g/mol. The van der Waals surface area contributed by atoms with Crippen molar-refractivity contribution >= 4 is 24.0 Å². The fourth-order valence-electron chi connectivity index (χ4n) is 0.900. The second-order valence-corrected chi connectivity index (χ2v) is 3.05. The Hall–Kier alpha value is -1.55. The molecule has 0 aliphatic heterocycles. The monoisotopic (exact) mass is 228 g/mol. The van der Waals surface area contributed by atoms with Gasteiger partial charge < -0.3 is 9.47 Å². The molecule has 1 aromatic carbocycles. The fraction of sp³-hybridized carbons (Fsp3) is 0.200. The summed E-state index contributed by atoms with van der Waals surface area (Å²) in [5, 5.41) is 0.552. The molecule has 1 rings (SSSR count). The summed E-state index contributed by atoms with van der Waals surface area (Å²) in [5.74, 6) is -0.471. The van der Waals surface area contributed by atoms with Crippen LogP contribution in [0.3, 0.4) is 0 Å². The first-order valence-electron chi connectivity index (χ1n) is 4.22. The molecule has 0 spiro atoms. The van der Waals surface area contributed by atoms with Crippen LogP contribution >= 0.6 is 11.6 Å². The molecule has 0 saturated carbocycles. The predicted molar refractivity (Wildman–Crippen MR) is 53.8 cm³/mol. The van der Waals surface area contributed by atoms with Gasteiger partial charge in [0.15, 0.2) is 0 Å². The quantitative estimate of drug-likeness (QED) is 0.437. The molecule has 0 saturated heterocycles. The van der Waals surface area contributed by atoms with E-state index in [1.807, 2.05) is 0 Å². The Morgan fingerprint density at radius 3 is 2.53 bits per heavy atom. The molecule has 0 bridgehead atoms. The van der Waals surface area contributed by atoms with Crippen molar-refractivity contribution in [1.29, 1.82) is 0 Å². The van der Waals surface area contributed by atoms with Crippen molar-refractivity contribution in [2.75, 3.05) is 13.2 Å². The summed E-state index contributed by atoms with van der Waals surface area (Å²) in [6.45, 7) is 0.402. The van der Waals surface area contributed by atoms with E-state index in [1.54, 1.807) is 24.3 Å². The van der Waals surface area contributed by atoms with E-state index in [4.69, 9.17) is 16.3 Å². The Morgan fingerprint density at radius 2 is 1.93 bits per heavy atom. The van der Waals surface area contributed by atoms with Crippen molar-refractivity contribution in [1.82, 2.24) is 0 Å². The largest absolute Gasteiger partial charge is 0.464 e. The number of carbonyl (C=O) groups is 2. The van der Waals surface area contributed by atoms with Gasteiger partial charge in [0.25, 0.3) is 6.47 Å². The van der Waals surface area contributed by atoms with Crippen LogP contribution in [0.1, 0.15) is 10.4 Å². The number of rotatable bonds is 5. The lowest BCUT2D eigenvalue weighted by molar-refractivity contribution is -0.129. The van der Waals surface area contributed by atoms with Crippen LogP contribution in [0.5, 0.6) is 0 Å². The standard InChI is InChI=1S/C10H9ClO4/c11-9-3-1-8(2-4-9)10(13)15-6-5-14-7-12/h1-4,7H,5-6H2. The Kier molecular flexibility index (Phi) is 4.63. The van der Waals surface area contributed by atoms with Crippen molar-refractivity contribution in [3.63, 3.8) is 0 Å². The van der Waals surface area contributed by atoms with E-state index in [0.717, 1.165) is 0 Å². The van der Waals surface area contributed by atoms with Crippen molar-refractivity contribution in [2.24, 2.45) is 0 Å². The first-order chi connectivity index (χ1) is 7.24. The lowest BCUT2D eigenvalue weighted by atomic mass is 10.2. The highest BCUT2D eigenvalue weighted by Crippen LogP contribution is 2.10. The Morgan fingerprint density at radius 1 is 1.27 bits per heavy atom. The van der Waals surface area contributed by atoms with Crippen LogP contribution < -0.4 is 0 Å². The highest BCUT2D eigenvalue weighted by molar-refractivity contribution is 6.30. The van der Waals surface area contributed by atoms with E-state index in [9.17, 15) is 9.59 Å². The zero-order chi connectivity index (χ0) is 11.1. The van der Waals surface area contributed by atoms with Crippen molar-refractivity contribution in [2.45, 2.75) is 0 Å². The van der Waals surface area contributed by atoms with Crippen molar-refractivity contribution < 1.29 is 19.1 Å². The third-order valence-corrected chi connectivity index (χ3v) is 1.83. The van der Waals surface area contributed by atoms with Crippen LogP contribution in [0.2, 0.25) is 5.02 Å². The highest BCUT2D eigenvalue weighted by Gasteiger charge is 2.05. The summed E-state index contributed by atoms with van der Waals surface area (Å²) >= 11 is 5.65. The van der Waals surface area contributed by atoms with Crippen LogP contribution in [-0.4, -0.2) is 25.7 Å². The maximum absolute atomic E-state index is 11.3. The number of hydrogen-bond donors (Lipinski definition) is 0. The third-order valence-electron chi connectivity index (χ3n) is 1.58. The average molecular weight is 229 g/mol. The van der Waals surface area contributed by atoms with E-state index in [2.05, 4.69) is 4.74 Å². The Bertz CT molecular complexity index is 334. The van der Waals surface area contributed by atoms with Gasteiger partial charge in [-0.25, -0.2) is 4.79 Å². The maximum atomic E-state index is 11.3. The van der Waals surface area contributed by atoms with E-state index < -0.39 is 5.97 Å². The molecule has 0 aliphatic carbocycles. The van der Waals surface area contributed by atoms with Gasteiger partial charge in [-0.2, -0.15) is 0 Å². The summed E-state index contributed by atoms with van der Waals surface area (Å²) in [7, 11) is 0. The van der Waals surface area contributed by atoms with Gasteiger partial charge in [0, 0.05) is 5.02 Å². The van der Waals surface area contributed by atoms with Crippen LogP contribution in [0.4, 0.5) is 0 Å². The van der Waals surface area contributed by atoms with Crippen LogP contribution in [-0.2, 0) is 14.3 Å². The molecule has 0 fully saturated rings. The van der Waals surface area contributed by atoms with Crippen molar-refractivity contribution in [3.05, 3.63) is 34.9 Å². The number of esters is 1. The second kappa shape index (κ2) is 6.03. The van der Waals surface area contributed by atoms with Gasteiger partial charge in [-0.1, -0.05) is 11.6 Å². The molecule has 0 unspecified atom stereocenters. The highest BCUT2D eigenvalue weighted by atomic mass is 35.5. The minimum Gasteiger partial charge on any atom is -0.464 e. The lowest BCUT2D eigenvalue weighted by Crippen LogP contribution is -2.10. The number of ether oxygens (including phenoxy) is 2. The maximum Gasteiger partial charge on any atom is 0.338 e. The lowest BCUT2D eigenvalue weighted by Gasteiger charge is -2.03. The van der Waals surface area contributed by atoms with Crippen LogP contribution in [0.25, 0.3) is 0 Å². The van der Waals surface area contributed by atoms with Gasteiger partial charge in [-0.15, -0.1) is 0 Å². The molecule has 0 atom stereocenters. The Balaban J connectivity index is 2.40. The fourth-order valence-corrected chi connectivity index (χ4v) is 1.03. The van der Waals surface area contributed by atoms with Crippen LogP contribution in [0, 0.1) is 0 Å². The van der Waals surface area contributed by atoms with E-state index in [-0.39, 0.29) is 13.2 Å². The summed E-state index contributed by atoms with van der Waals surface area (Å²) in [6.07, 6.45) is 0. The van der Waals surface area contributed by atoms with E-state index >= 15 is 0 Å². The SMILES string of the molecule is O=COCCOC(=O)c1ccc(Cl)cc1. The summed E-state index contributed by atoms with van der Waals surface area (Å²) in [6, 6.07) is 6.32. The molecule has 0 aromatic heterocycles. The Labute approximate surface area is 91.7 Å². The molecule has 0 amide bonds. The van der Waals surface area contributed by atoms with Gasteiger partial charge in [0.1, 0.15) is 13.2 Å². The van der Waals surface area contributed by atoms with E-state index in [1.165, 1.54) is 0 Å². The topological polar surface area (TPSA) is 52.6 Å². The molecule has 80 valence electrons.